The number of nitrogens with zero attached hydrogens (tertiary/aromatic N) is 1. The molecular formula is C4H10N2O3. The van der Waals surface area contributed by atoms with Gasteiger partial charge in [-0.15, -0.1) is 4.91 Å². The molecule has 0 unspecified atom stereocenters. The van der Waals surface area contributed by atoms with Crippen molar-refractivity contribution in [2.24, 2.45) is 5.34 Å². The van der Waals surface area contributed by atoms with E-state index in [9.17, 15) is 0 Å². The summed E-state index contributed by atoms with van der Waals surface area (Å²) in [5, 5.41) is 11.0. The van der Waals surface area contributed by atoms with Crippen LogP contribution in [-0.2, 0) is 4.74 Å². The summed E-state index contributed by atoms with van der Waals surface area (Å²) in [7, 11) is 0. The van der Waals surface area contributed by atoms with Crippen molar-refractivity contribution in [2.75, 3.05) is 26.3 Å². The summed E-state index contributed by atoms with van der Waals surface area (Å²) in [6.07, 6.45) is 0. The molecule has 1 aliphatic rings. The number of morpholine rings is 1. The van der Waals surface area contributed by atoms with Crippen molar-refractivity contribution in [2.45, 2.75) is 0 Å². The van der Waals surface area contributed by atoms with E-state index in [1.54, 1.807) is 0 Å². The van der Waals surface area contributed by atoms with E-state index in [2.05, 4.69) is 5.32 Å². The maximum atomic E-state index is 8.11. The molecule has 0 amide bonds. The van der Waals surface area contributed by atoms with Crippen molar-refractivity contribution in [3.8, 4) is 0 Å². The molecule has 54 valence electrons. The molecule has 1 aliphatic heterocycles. The van der Waals surface area contributed by atoms with E-state index < -0.39 is 0 Å². The van der Waals surface area contributed by atoms with Crippen LogP contribution in [-0.4, -0.2) is 31.5 Å². The highest BCUT2D eigenvalue weighted by Gasteiger charge is 1.92. The maximum Gasteiger partial charge on any atom is 0.152 e. The Balaban J connectivity index is 0.000000187. The molecule has 0 aliphatic carbocycles. The SMILES string of the molecule is C1COCCN1.O=NO. The molecule has 0 aromatic carbocycles. The summed E-state index contributed by atoms with van der Waals surface area (Å²) >= 11 is 0. The predicted molar refractivity (Wildman–Crippen MR) is 31.3 cm³/mol. The van der Waals surface area contributed by atoms with Crippen molar-refractivity contribution >= 4 is 0 Å². The predicted octanol–water partition coefficient (Wildman–Crippen LogP) is -0.252. The highest BCUT2D eigenvalue weighted by atomic mass is 16.6. The van der Waals surface area contributed by atoms with Crippen molar-refractivity contribution in [1.29, 1.82) is 0 Å². The van der Waals surface area contributed by atoms with Crippen LogP contribution in [0.3, 0.4) is 0 Å². The number of ether oxygens (including phenoxy) is 1. The largest absolute Gasteiger partial charge is 0.379 e. The van der Waals surface area contributed by atoms with E-state index in [4.69, 9.17) is 14.9 Å². The Morgan fingerprint density at radius 1 is 1.44 bits per heavy atom. The molecule has 1 rings (SSSR count). The van der Waals surface area contributed by atoms with Gasteiger partial charge in [0, 0.05) is 13.1 Å². The second-order valence-corrected chi connectivity index (χ2v) is 1.44. The molecule has 0 radical (unpaired) electrons. The lowest BCUT2D eigenvalue weighted by Crippen LogP contribution is -2.30. The molecule has 0 spiro atoms. The molecule has 0 aromatic rings. The average molecular weight is 134 g/mol. The molecule has 1 heterocycles. The van der Waals surface area contributed by atoms with Gasteiger partial charge in [-0.25, -0.2) is 0 Å². The smallest absolute Gasteiger partial charge is 0.152 e. The minimum Gasteiger partial charge on any atom is -0.379 e. The molecule has 1 saturated heterocycles. The van der Waals surface area contributed by atoms with Crippen LogP contribution < -0.4 is 5.32 Å². The van der Waals surface area contributed by atoms with Gasteiger partial charge in [-0.2, -0.15) is 0 Å². The molecule has 5 heteroatoms. The topological polar surface area (TPSA) is 70.9 Å². The second-order valence-electron chi connectivity index (χ2n) is 1.44. The molecular weight excluding hydrogens is 124 g/mol. The summed E-state index contributed by atoms with van der Waals surface area (Å²) in [5.41, 5.74) is 0. The summed E-state index contributed by atoms with van der Waals surface area (Å²) < 4.78 is 5.01. The highest BCUT2D eigenvalue weighted by molar-refractivity contribution is 4.49. The van der Waals surface area contributed by atoms with Crippen LogP contribution in [0.15, 0.2) is 5.34 Å². The second kappa shape index (κ2) is 7.32. The zero-order chi connectivity index (χ0) is 6.95. The monoisotopic (exact) mass is 134 g/mol. The molecule has 2 N–H and O–H groups in total. The normalized spacial score (nSPS) is 17.3. The Kier molecular flexibility index (Phi) is 6.77. The third kappa shape index (κ3) is 7.32. The summed E-state index contributed by atoms with van der Waals surface area (Å²) in [6, 6.07) is 0. The van der Waals surface area contributed by atoms with Gasteiger partial charge in [-0.05, 0) is 0 Å². The number of hydrogen-bond acceptors (Lipinski definition) is 4. The van der Waals surface area contributed by atoms with Crippen LogP contribution in [0.25, 0.3) is 0 Å². The fraction of sp³-hybridized carbons (Fsp3) is 1.00. The van der Waals surface area contributed by atoms with Crippen molar-refractivity contribution in [3.05, 3.63) is 4.91 Å². The highest BCUT2D eigenvalue weighted by Crippen LogP contribution is 1.76. The van der Waals surface area contributed by atoms with Gasteiger partial charge in [-0.3, -0.25) is 0 Å². The molecule has 0 saturated carbocycles. The van der Waals surface area contributed by atoms with Gasteiger partial charge in [0.25, 0.3) is 0 Å². The van der Waals surface area contributed by atoms with Gasteiger partial charge in [0.2, 0.25) is 0 Å². The van der Waals surface area contributed by atoms with Crippen LogP contribution in [0.4, 0.5) is 0 Å². The molecule has 5 nitrogen and oxygen atoms in total. The summed E-state index contributed by atoms with van der Waals surface area (Å²) in [6.45, 7) is 3.83. The first kappa shape index (κ1) is 8.32. The number of nitrogens with one attached hydrogen (secondary N) is 1. The average Bonchev–Trinajstić information content (AvgIpc) is 1.93. The van der Waals surface area contributed by atoms with E-state index in [1.165, 1.54) is 5.34 Å². The molecule has 0 aromatic heterocycles. The van der Waals surface area contributed by atoms with E-state index in [-0.39, 0.29) is 0 Å². The quantitative estimate of drug-likeness (QED) is 0.354. The van der Waals surface area contributed by atoms with Gasteiger partial charge in [0.15, 0.2) is 5.34 Å². The molecule has 9 heavy (non-hydrogen) atoms. The minimum atomic E-state index is 0.889. The summed E-state index contributed by atoms with van der Waals surface area (Å²) in [5.74, 6) is 0. The molecule has 1 fully saturated rings. The lowest BCUT2D eigenvalue weighted by atomic mass is 10.5. The first-order valence-electron chi connectivity index (χ1n) is 2.67. The van der Waals surface area contributed by atoms with Crippen LogP contribution in [0, 0.1) is 4.91 Å². The van der Waals surface area contributed by atoms with E-state index >= 15 is 0 Å². The number of rotatable bonds is 0. The summed E-state index contributed by atoms with van der Waals surface area (Å²) in [4.78, 5) is 8.11. The van der Waals surface area contributed by atoms with Crippen molar-refractivity contribution < 1.29 is 9.94 Å². The first-order chi connectivity index (χ1) is 4.41. The third-order valence-corrected chi connectivity index (χ3v) is 0.846. The Morgan fingerprint density at radius 2 is 1.89 bits per heavy atom. The van der Waals surface area contributed by atoms with Crippen LogP contribution >= 0.6 is 0 Å². The minimum absolute atomic E-state index is 0.889. The van der Waals surface area contributed by atoms with Gasteiger partial charge >= 0.3 is 0 Å². The Morgan fingerprint density at radius 3 is 2.00 bits per heavy atom. The van der Waals surface area contributed by atoms with Gasteiger partial charge in [-0.1, -0.05) is 0 Å². The maximum absolute atomic E-state index is 8.11. The number of hydrogen-bond donors (Lipinski definition) is 2. The van der Waals surface area contributed by atoms with Gasteiger partial charge in [0.05, 0.1) is 13.2 Å². The zero-order valence-corrected chi connectivity index (χ0v) is 5.04. The van der Waals surface area contributed by atoms with Crippen molar-refractivity contribution in [3.63, 3.8) is 0 Å². The van der Waals surface area contributed by atoms with Crippen molar-refractivity contribution in [1.82, 2.24) is 5.32 Å². The van der Waals surface area contributed by atoms with E-state index in [1.807, 2.05) is 0 Å². The Bertz CT molecular complexity index is 53.3. The lowest BCUT2D eigenvalue weighted by molar-refractivity contribution is 0.109. The van der Waals surface area contributed by atoms with Crippen LogP contribution in [0.1, 0.15) is 0 Å². The van der Waals surface area contributed by atoms with E-state index in [0.29, 0.717) is 0 Å². The van der Waals surface area contributed by atoms with Crippen LogP contribution in [0.5, 0.6) is 0 Å². The fourth-order valence-corrected chi connectivity index (χ4v) is 0.516. The van der Waals surface area contributed by atoms with Crippen LogP contribution in [0.2, 0.25) is 0 Å². The third-order valence-electron chi connectivity index (χ3n) is 0.846. The van der Waals surface area contributed by atoms with Gasteiger partial charge in [0.1, 0.15) is 0 Å². The standard InChI is InChI=1S/C4H9NO.HNO2/c1-3-6-4-2-5-1;2-1-3/h5H,1-4H2;(H,2,3). The molecule has 0 atom stereocenters. The first-order valence-corrected chi connectivity index (χ1v) is 2.67. The molecule has 0 bridgehead atoms. The Hall–Kier alpha value is -0.680. The van der Waals surface area contributed by atoms with Gasteiger partial charge < -0.3 is 15.3 Å². The fourth-order valence-electron chi connectivity index (χ4n) is 0.516. The lowest BCUT2D eigenvalue weighted by Gasteiger charge is -2.10. The van der Waals surface area contributed by atoms with E-state index in [0.717, 1.165) is 26.3 Å². The Labute approximate surface area is 52.9 Å². The zero-order valence-electron chi connectivity index (χ0n) is 5.04.